The van der Waals surface area contributed by atoms with Crippen molar-refractivity contribution in [3.8, 4) is 0 Å². The number of halogens is 2. The molecule has 7 nitrogen and oxygen atoms in total. The molecular formula is C18H18Cl2N6OS. The standard InChI is InChI=1S/C18H18Cl2N6OS/c19-12-2-1-3-13(10-12)25-5-7-26(8-6-25)14(27)4-9-28-17-15-16(22-11-21-15)23-18(20)24-17/h1-3,10-11H,4-9H2,(H,21,22,23,24). The number of fused-ring (bicyclic) bond motifs is 1. The maximum absolute atomic E-state index is 12.6. The molecule has 1 aromatic carbocycles. The molecule has 0 radical (unpaired) electrons. The van der Waals surface area contributed by atoms with Crippen LogP contribution in [0.25, 0.3) is 11.2 Å². The highest BCUT2D eigenvalue weighted by Crippen LogP contribution is 2.25. The van der Waals surface area contributed by atoms with Crippen molar-refractivity contribution in [2.45, 2.75) is 11.4 Å². The fraction of sp³-hybridized carbons (Fsp3) is 0.333. The number of nitrogens with zero attached hydrogens (tertiary/aromatic N) is 5. The lowest BCUT2D eigenvalue weighted by Crippen LogP contribution is -2.48. The van der Waals surface area contributed by atoms with Crippen LogP contribution in [0.3, 0.4) is 0 Å². The van der Waals surface area contributed by atoms with Crippen LogP contribution in [0.5, 0.6) is 0 Å². The summed E-state index contributed by atoms with van der Waals surface area (Å²) in [5.41, 5.74) is 2.38. The average molecular weight is 437 g/mol. The Morgan fingerprint density at radius 3 is 2.79 bits per heavy atom. The van der Waals surface area contributed by atoms with Crippen LogP contribution >= 0.6 is 35.0 Å². The molecule has 28 heavy (non-hydrogen) atoms. The quantitative estimate of drug-likeness (QED) is 0.374. The number of H-pyrrole nitrogens is 1. The van der Waals surface area contributed by atoms with Gasteiger partial charge in [0.25, 0.3) is 0 Å². The summed E-state index contributed by atoms with van der Waals surface area (Å²) in [7, 11) is 0. The highest BCUT2D eigenvalue weighted by atomic mass is 35.5. The largest absolute Gasteiger partial charge is 0.368 e. The Kier molecular flexibility index (Phi) is 5.89. The first-order chi connectivity index (χ1) is 13.6. The highest BCUT2D eigenvalue weighted by molar-refractivity contribution is 7.99. The number of nitrogens with one attached hydrogen (secondary N) is 1. The smallest absolute Gasteiger partial charge is 0.225 e. The van der Waals surface area contributed by atoms with Gasteiger partial charge in [-0.1, -0.05) is 17.7 Å². The van der Waals surface area contributed by atoms with E-state index in [1.165, 1.54) is 11.8 Å². The highest BCUT2D eigenvalue weighted by Gasteiger charge is 2.21. The first-order valence-electron chi connectivity index (χ1n) is 8.88. The van der Waals surface area contributed by atoms with E-state index in [2.05, 4.69) is 24.8 Å². The predicted octanol–water partition coefficient (Wildman–Crippen LogP) is 3.49. The van der Waals surface area contributed by atoms with Crippen LogP contribution in [-0.4, -0.2) is 62.7 Å². The van der Waals surface area contributed by atoms with Gasteiger partial charge in [-0.2, -0.15) is 4.98 Å². The third kappa shape index (κ3) is 4.34. The molecule has 10 heteroatoms. The van der Waals surface area contributed by atoms with Crippen molar-refractivity contribution >= 4 is 57.7 Å². The van der Waals surface area contributed by atoms with E-state index < -0.39 is 0 Å². The number of aromatic nitrogens is 4. The number of rotatable bonds is 5. The van der Waals surface area contributed by atoms with Crippen LogP contribution < -0.4 is 4.90 Å². The molecule has 0 unspecified atom stereocenters. The molecular weight excluding hydrogens is 419 g/mol. The fourth-order valence-electron chi connectivity index (χ4n) is 3.17. The van der Waals surface area contributed by atoms with Crippen molar-refractivity contribution in [2.24, 2.45) is 0 Å². The summed E-state index contributed by atoms with van der Waals surface area (Å²) >= 11 is 13.5. The van der Waals surface area contributed by atoms with Gasteiger partial charge >= 0.3 is 0 Å². The lowest BCUT2D eigenvalue weighted by molar-refractivity contribution is -0.131. The number of thioether (sulfide) groups is 1. The molecule has 0 aliphatic carbocycles. The van der Waals surface area contributed by atoms with Crippen molar-refractivity contribution in [3.05, 3.63) is 40.9 Å². The summed E-state index contributed by atoms with van der Waals surface area (Å²) in [5.74, 6) is 0.772. The number of hydrogen-bond acceptors (Lipinski definition) is 6. The summed E-state index contributed by atoms with van der Waals surface area (Å²) in [6.45, 7) is 3.02. The topological polar surface area (TPSA) is 78.0 Å². The second-order valence-corrected chi connectivity index (χ2v) is 8.20. The zero-order valence-electron chi connectivity index (χ0n) is 14.9. The summed E-state index contributed by atoms with van der Waals surface area (Å²) in [6.07, 6.45) is 2.00. The summed E-state index contributed by atoms with van der Waals surface area (Å²) in [4.78, 5) is 32.1. The number of benzene rings is 1. The molecule has 4 rings (SSSR count). The molecule has 0 bridgehead atoms. The van der Waals surface area contributed by atoms with Gasteiger partial charge in [0.1, 0.15) is 10.5 Å². The second kappa shape index (κ2) is 8.55. The van der Waals surface area contributed by atoms with E-state index in [4.69, 9.17) is 23.2 Å². The number of piperazine rings is 1. The molecule has 146 valence electrons. The van der Waals surface area contributed by atoms with Crippen LogP contribution in [0.1, 0.15) is 6.42 Å². The molecule has 1 N–H and O–H groups in total. The summed E-state index contributed by atoms with van der Waals surface area (Å²) in [5, 5.41) is 1.60. The predicted molar refractivity (Wildman–Crippen MR) is 112 cm³/mol. The molecule has 1 aliphatic rings. The van der Waals surface area contributed by atoms with Crippen molar-refractivity contribution in [1.82, 2.24) is 24.8 Å². The van der Waals surface area contributed by atoms with Crippen molar-refractivity contribution in [2.75, 3.05) is 36.8 Å². The van der Waals surface area contributed by atoms with Gasteiger partial charge in [-0.25, -0.2) is 9.97 Å². The average Bonchev–Trinajstić information content (AvgIpc) is 3.16. The molecule has 0 spiro atoms. The minimum absolute atomic E-state index is 0.152. The third-order valence-electron chi connectivity index (χ3n) is 4.59. The van der Waals surface area contributed by atoms with E-state index >= 15 is 0 Å². The fourth-order valence-corrected chi connectivity index (χ4v) is 4.48. The van der Waals surface area contributed by atoms with Gasteiger partial charge in [0.05, 0.1) is 6.33 Å². The van der Waals surface area contributed by atoms with Crippen LogP contribution in [0.15, 0.2) is 35.6 Å². The van der Waals surface area contributed by atoms with Crippen LogP contribution in [-0.2, 0) is 4.79 Å². The van der Waals surface area contributed by atoms with Gasteiger partial charge in [0.2, 0.25) is 11.2 Å². The first kappa shape index (κ1) is 19.3. The Morgan fingerprint density at radius 2 is 2.00 bits per heavy atom. The van der Waals surface area contributed by atoms with E-state index in [-0.39, 0.29) is 11.2 Å². The molecule has 3 heterocycles. The van der Waals surface area contributed by atoms with Gasteiger partial charge in [-0.3, -0.25) is 4.79 Å². The molecule has 1 fully saturated rings. The summed E-state index contributed by atoms with van der Waals surface area (Å²) < 4.78 is 0. The molecule has 1 saturated heterocycles. The van der Waals surface area contributed by atoms with Crippen LogP contribution in [0.4, 0.5) is 5.69 Å². The minimum Gasteiger partial charge on any atom is -0.368 e. The first-order valence-corrected chi connectivity index (χ1v) is 10.6. The molecule has 0 saturated carbocycles. The lowest BCUT2D eigenvalue weighted by atomic mass is 10.2. The maximum atomic E-state index is 12.6. The second-order valence-electron chi connectivity index (χ2n) is 6.35. The number of carbonyl (C=O) groups excluding carboxylic acids is 1. The monoisotopic (exact) mass is 436 g/mol. The number of imidazole rings is 1. The Labute approximate surface area is 176 Å². The van der Waals surface area contributed by atoms with Crippen LogP contribution in [0, 0.1) is 0 Å². The van der Waals surface area contributed by atoms with Gasteiger partial charge in [-0.15, -0.1) is 11.8 Å². The Bertz CT molecular complexity index is 989. The third-order valence-corrected chi connectivity index (χ3v) is 5.97. The number of hydrogen-bond donors (Lipinski definition) is 1. The van der Waals surface area contributed by atoms with Gasteiger partial charge in [0, 0.05) is 49.1 Å². The van der Waals surface area contributed by atoms with E-state index in [1.807, 2.05) is 29.2 Å². The number of carbonyl (C=O) groups is 1. The van der Waals surface area contributed by atoms with E-state index in [1.54, 1.807) is 6.33 Å². The Hall–Kier alpha value is -2.03. The van der Waals surface area contributed by atoms with Crippen molar-refractivity contribution in [3.63, 3.8) is 0 Å². The van der Waals surface area contributed by atoms with Gasteiger partial charge < -0.3 is 14.8 Å². The van der Waals surface area contributed by atoms with Crippen molar-refractivity contribution < 1.29 is 4.79 Å². The van der Waals surface area contributed by atoms with Crippen LogP contribution in [0.2, 0.25) is 10.3 Å². The lowest BCUT2D eigenvalue weighted by Gasteiger charge is -2.36. The molecule has 2 aromatic heterocycles. The SMILES string of the molecule is O=C(CCSc1nc(Cl)nc2nc[nH]c12)N1CCN(c2cccc(Cl)c2)CC1. The van der Waals surface area contributed by atoms with Gasteiger partial charge in [0.15, 0.2) is 5.65 Å². The van der Waals surface area contributed by atoms with Gasteiger partial charge in [-0.05, 0) is 29.8 Å². The van der Waals surface area contributed by atoms with Crippen molar-refractivity contribution in [1.29, 1.82) is 0 Å². The molecule has 1 amide bonds. The maximum Gasteiger partial charge on any atom is 0.225 e. The zero-order chi connectivity index (χ0) is 19.5. The number of aromatic amines is 1. The molecule has 0 atom stereocenters. The Morgan fingerprint density at radius 1 is 1.18 bits per heavy atom. The Balaban J connectivity index is 1.28. The van der Waals surface area contributed by atoms with E-state index in [9.17, 15) is 4.79 Å². The summed E-state index contributed by atoms with van der Waals surface area (Å²) in [6, 6.07) is 7.81. The number of amides is 1. The molecule has 1 aliphatic heterocycles. The number of anilines is 1. The zero-order valence-corrected chi connectivity index (χ0v) is 17.3. The molecule has 3 aromatic rings. The van der Waals surface area contributed by atoms with E-state index in [0.717, 1.165) is 29.3 Å². The minimum atomic E-state index is 0.152. The normalized spacial score (nSPS) is 14.6. The van der Waals surface area contributed by atoms with E-state index in [0.29, 0.717) is 35.9 Å².